The predicted molar refractivity (Wildman–Crippen MR) is 76.1 cm³/mol. The molecule has 0 aromatic heterocycles. The molecule has 108 valence electrons. The average Bonchev–Trinajstić information content (AvgIpc) is 2.45. The SMILES string of the molecule is COC(=O)C1CCN(Cc2ccccc2)C(C)(C)C1=O. The lowest BCUT2D eigenvalue weighted by atomic mass is 9.81. The van der Waals surface area contributed by atoms with Gasteiger partial charge in [0.1, 0.15) is 5.92 Å². The molecular weight excluding hydrogens is 254 g/mol. The number of carbonyl (C=O) groups is 2. The summed E-state index contributed by atoms with van der Waals surface area (Å²) in [6.07, 6.45) is 0.530. The second-order valence-electron chi connectivity index (χ2n) is 5.69. The summed E-state index contributed by atoms with van der Waals surface area (Å²) in [5, 5.41) is 0. The molecule has 0 saturated carbocycles. The minimum atomic E-state index is -0.646. The number of benzene rings is 1. The van der Waals surface area contributed by atoms with E-state index in [-0.39, 0.29) is 5.78 Å². The Bertz CT molecular complexity index is 496. The van der Waals surface area contributed by atoms with Gasteiger partial charge in [-0.15, -0.1) is 0 Å². The smallest absolute Gasteiger partial charge is 0.316 e. The van der Waals surface area contributed by atoms with Crippen molar-refractivity contribution < 1.29 is 14.3 Å². The van der Waals surface area contributed by atoms with Gasteiger partial charge in [-0.2, -0.15) is 0 Å². The molecule has 0 aliphatic carbocycles. The second-order valence-corrected chi connectivity index (χ2v) is 5.69. The molecule has 1 aromatic rings. The molecule has 1 atom stereocenters. The molecule has 4 nitrogen and oxygen atoms in total. The van der Waals surface area contributed by atoms with Gasteiger partial charge in [0, 0.05) is 13.1 Å². The molecule has 1 aromatic carbocycles. The summed E-state index contributed by atoms with van der Waals surface area (Å²) in [6.45, 7) is 5.20. The van der Waals surface area contributed by atoms with Crippen molar-refractivity contribution in [2.45, 2.75) is 32.4 Å². The minimum Gasteiger partial charge on any atom is -0.468 e. The van der Waals surface area contributed by atoms with Crippen molar-refractivity contribution >= 4 is 11.8 Å². The Hall–Kier alpha value is -1.68. The summed E-state index contributed by atoms with van der Waals surface area (Å²) >= 11 is 0. The molecule has 2 rings (SSSR count). The molecule has 0 bridgehead atoms. The Balaban J connectivity index is 2.14. The highest BCUT2D eigenvalue weighted by Crippen LogP contribution is 2.30. The number of piperidine rings is 1. The number of carbonyl (C=O) groups excluding carboxylic acids is 2. The Morgan fingerprint density at radius 3 is 2.60 bits per heavy atom. The summed E-state index contributed by atoms with van der Waals surface area (Å²) in [6, 6.07) is 10.1. The van der Waals surface area contributed by atoms with E-state index in [1.54, 1.807) is 0 Å². The predicted octanol–water partition coefficient (Wildman–Crippen LogP) is 2.03. The number of likely N-dealkylation sites (tertiary alicyclic amines) is 1. The van der Waals surface area contributed by atoms with Gasteiger partial charge in [-0.05, 0) is 25.8 Å². The van der Waals surface area contributed by atoms with E-state index in [2.05, 4.69) is 4.90 Å². The Morgan fingerprint density at radius 2 is 2.00 bits per heavy atom. The third-order valence-electron chi connectivity index (χ3n) is 4.10. The summed E-state index contributed by atoms with van der Waals surface area (Å²) < 4.78 is 4.73. The van der Waals surface area contributed by atoms with Crippen molar-refractivity contribution in [3.63, 3.8) is 0 Å². The average molecular weight is 275 g/mol. The molecule has 0 N–H and O–H groups in total. The Labute approximate surface area is 119 Å². The van der Waals surface area contributed by atoms with Crippen LogP contribution in [0.2, 0.25) is 0 Å². The van der Waals surface area contributed by atoms with Crippen LogP contribution in [0.15, 0.2) is 30.3 Å². The normalized spacial score (nSPS) is 22.6. The zero-order chi connectivity index (χ0) is 14.8. The van der Waals surface area contributed by atoms with Gasteiger partial charge in [-0.25, -0.2) is 0 Å². The van der Waals surface area contributed by atoms with Gasteiger partial charge < -0.3 is 4.74 Å². The van der Waals surface area contributed by atoms with Crippen LogP contribution in [0.5, 0.6) is 0 Å². The van der Waals surface area contributed by atoms with Gasteiger partial charge in [0.2, 0.25) is 0 Å². The first kappa shape index (κ1) is 14.7. The number of rotatable bonds is 3. The van der Waals surface area contributed by atoms with Crippen molar-refractivity contribution in [3.8, 4) is 0 Å². The Kier molecular flexibility index (Phi) is 4.23. The van der Waals surface area contributed by atoms with Gasteiger partial charge >= 0.3 is 5.97 Å². The Morgan fingerprint density at radius 1 is 1.35 bits per heavy atom. The maximum Gasteiger partial charge on any atom is 0.316 e. The number of nitrogens with zero attached hydrogens (tertiary/aromatic N) is 1. The van der Waals surface area contributed by atoms with Crippen molar-refractivity contribution in [3.05, 3.63) is 35.9 Å². The highest BCUT2D eigenvalue weighted by Gasteiger charge is 2.45. The standard InChI is InChI=1S/C16H21NO3/c1-16(2)14(18)13(15(19)20-3)9-10-17(16)11-12-7-5-4-6-8-12/h4-8,13H,9-11H2,1-3H3. The van der Waals surface area contributed by atoms with Crippen molar-refractivity contribution in [1.82, 2.24) is 4.90 Å². The van der Waals surface area contributed by atoms with E-state index in [0.717, 1.165) is 0 Å². The summed E-state index contributed by atoms with van der Waals surface area (Å²) in [7, 11) is 1.33. The maximum absolute atomic E-state index is 12.5. The fourth-order valence-corrected chi connectivity index (χ4v) is 2.73. The number of ether oxygens (including phenoxy) is 1. The molecule has 1 heterocycles. The number of ketones is 1. The summed E-state index contributed by atoms with van der Waals surface area (Å²) in [5.74, 6) is -1.09. The highest BCUT2D eigenvalue weighted by atomic mass is 16.5. The number of hydrogen-bond donors (Lipinski definition) is 0. The topological polar surface area (TPSA) is 46.6 Å². The first-order chi connectivity index (χ1) is 9.46. The van der Waals surface area contributed by atoms with Crippen LogP contribution in [0.1, 0.15) is 25.8 Å². The molecule has 1 aliphatic rings. The highest BCUT2D eigenvalue weighted by molar-refractivity contribution is 6.04. The van der Waals surface area contributed by atoms with Crippen LogP contribution in [0.4, 0.5) is 0 Å². The van der Waals surface area contributed by atoms with E-state index < -0.39 is 17.4 Å². The minimum absolute atomic E-state index is 0.0495. The molecule has 1 fully saturated rings. The van der Waals surface area contributed by atoms with Crippen molar-refractivity contribution in [1.29, 1.82) is 0 Å². The van der Waals surface area contributed by atoms with Crippen molar-refractivity contribution in [2.75, 3.05) is 13.7 Å². The zero-order valence-corrected chi connectivity index (χ0v) is 12.3. The number of Topliss-reactive ketones (excluding diaryl/α,β-unsaturated/α-hetero) is 1. The largest absolute Gasteiger partial charge is 0.468 e. The van der Waals surface area contributed by atoms with E-state index in [0.29, 0.717) is 19.5 Å². The number of esters is 1. The van der Waals surface area contributed by atoms with Crippen LogP contribution >= 0.6 is 0 Å². The third kappa shape index (κ3) is 2.75. The van der Waals surface area contributed by atoms with Gasteiger partial charge in [0.05, 0.1) is 12.6 Å². The van der Waals surface area contributed by atoms with Gasteiger partial charge in [-0.1, -0.05) is 30.3 Å². The van der Waals surface area contributed by atoms with Crippen LogP contribution in [0.3, 0.4) is 0 Å². The number of methoxy groups -OCH3 is 1. The van der Waals surface area contributed by atoms with E-state index >= 15 is 0 Å². The molecule has 1 unspecified atom stereocenters. The van der Waals surface area contributed by atoms with Crippen LogP contribution in [-0.4, -0.2) is 35.8 Å². The van der Waals surface area contributed by atoms with E-state index in [4.69, 9.17) is 4.74 Å². The van der Waals surface area contributed by atoms with Crippen molar-refractivity contribution in [2.24, 2.45) is 5.92 Å². The van der Waals surface area contributed by atoms with Crippen LogP contribution < -0.4 is 0 Å². The van der Waals surface area contributed by atoms with Gasteiger partial charge in [0.15, 0.2) is 5.78 Å². The van der Waals surface area contributed by atoms with Crippen LogP contribution in [-0.2, 0) is 20.9 Å². The number of hydrogen-bond acceptors (Lipinski definition) is 4. The second kappa shape index (κ2) is 5.75. The molecular formula is C16H21NO3. The molecule has 20 heavy (non-hydrogen) atoms. The van der Waals surface area contributed by atoms with Crippen LogP contribution in [0.25, 0.3) is 0 Å². The molecule has 1 aliphatic heterocycles. The lowest BCUT2D eigenvalue weighted by molar-refractivity contribution is -0.156. The van der Waals surface area contributed by atoms with E-state index in [9.17, 15) is 9.59 Å². The zero-order valence-electron chi connectivity index (χ0n) is 12.3. The summed E-state index contributed by atoms with van der Waals surface area (Å²) in [5.41, 5.74) is 0.525. The lowest BCUT2D eigenvalue weighted by Gasteiger charge is -2.43. The summed E-state index contributed by atoms with van der Waals surface area (Å²) in [4.78, 5) is 26.3. The molecule has 1 saturated heterocycles. The van der Waals surface area contributed by atoms with E-state index in [1.165, 1.54) is 12.7 Å². The molecule has 4 heteroatoms. The van der Waals surface area contributed by atoms with E-state index in [1.807, 2.05) is 44.2 Å². The monoisotopic (exact) mass is 275 g/mol. The van der Waals surface area contributed by atoms with Gasteiger partial charge in [0.25, 0.3) is 0 Å². The molecule has 0 amide bonds. The first-order valence-corrected chi connectivity index (χ1v) is 6.88. The first-order valence-electron chi connectivity index (χ1n) is 6.88. The van der Waals surface area contributed by atoms with Gasteiger partial charge in [-0.3, -0.25) is 14.5 Å². The quantitative estimate of drug-likeness (QED) is 0.625. The maximum atomic E-state index is 12.5. The fraction of sp³-hybridized carbons (Fsp3) is 0.500. The fourth-order valence-electron chi connectivity index (χ4n) is 2.73. The third-order valence-corrected chi connectivity index (χ3v) is 4.10. The molecule has 0 radical (unpaired) electrons. The molecule has 0 spiro atoms. The van der Waals surface area contributed by atoms with Crippen LogP contribution in [0, 0.1) is 5.92 Å². The lowest BCUT2D eigenvalue weighted by Crippen LogP contribution is -2.58.